The van der Waals surface area contributed by atoms with Gasteiger partial charge in [-0.25, -0.2) is 4.98 Å². The van der Waals surface area contributed by atoms with Gasteiger partial charge in [0.25, 0.3) is 5.91 Å². The molecule has 0 spiro atoms. The smallest absolute Gasteiger partial charge is 0.263 e. The summed E-state index contributed by atoms with van der Waals surface area (Å²) in [6, 6.07) is 8.21. The summed E-state index contributed by atoms with van der Waals surface area (Å²) >= 11 is 0. The number of nitrogens with one attached hydrogen (secondary N) is 2. The molecule has 3 rings (SSSR count). The van der Waals surface area contributed by atoms with Gasteiger partial charge in [-0.15, -0.1) is 0 Å². The molecule has 0 saturated heterocycles. The van der Waals surface area contributed by atoms with Crippen molar-refractivity contribution in [2.45, 2.75) is 0 Å². The summed E-state index contributed by atoms with van der Waals surface area (Å²) in [5, 5.41) is 24.2. The maximum Gasteiger partial charge on any atom is 0.263 e. The van der Waals surface area contributed by atoms with E-state index in [1.54, 1.807) is 18.2 Å². The molecule has 1 aliphatic rings. The van der Waals surface area contributed by atoms with Crippen LogP contribution >= 0.6 is 0 Å². The fraction of sp³-hybridized carbons (Fsp3) is 0. The zero-order chi connectivity index (χ0) is 13.4. The second kappa shape index (κ2) is 3.99. The average molecular weight is 252 g/mol. The van der Waals surface area contributed by atoms with E-state index in [0.29, 0.717) is 16.9 Å². The van der Waals surface area contributed by atoms with Crippen LogP contribution in [0.5, 0.6) is 5.75 Å². The maximum absolute atomic E-state index is 12.1. The van der Waals surface area contributed by atoms with Gasteiger partial charge < -0.3 is 15.7 Å². The van der Waals surface area contributed by atoms with Crippen LogP contribution in [-0.4, -0.2) is 16.0 Å². The molecule has 1 amide bonds. The number of nitriles is 1. The van der Waals surface area contributed by atoms with Crippen LogP contribution in [0, 0.1) is 11.3 Å². The number of nitrogens with zero attached hydrogens (tertiary/aromatic N) is 2. The van der Waals surface area contributed by atoms with Crippen molar-refractivity contribution in [2.75, 3.05) is 10.6 Å². The van der Waals surface area contributed by atoms with Crippen molar-refractivity contribution in [3.05, 3.63) is 41.6 Å². The third kappa shape index (κ3) is 1.73. The molecule has 19 heavy (non-hydrogen) atoms. The van der Waals surface area contributed by atoms with Crippen LogP contribution in [0.3, 0.4) is 0 Å². The molecule has 2 aromatic rings. The molecule has 6 heteroatoms. The minimum atomic E-state index is -0.470. The summed E-state index contributed by atoms with van der Waals surface area (Å²) in [6.07, 6.45) is 1.41. The number of hydrogen-bond acceptors (Lipinski definition) is 5. The molecule has 0 aliphatic carbocycles. The first-order valence-electron chi connectivity index (χ1n) is 5.49. The van der Waals surface area contributed by atoms with Crippen molar-refractivity contribution in [2.24, 2.45) is 0 Å². The van der Waals surface area contributed by atoms with E-state index in [9.17, 15) is 9.90 Å². The number of hydrogen-bond donors (Lipinski definition) is 3. The SMILES string of the molecule is N#Cc1ccc2c(c1)NC(=O)c1c(O)ccnc1N2. The van der Waals surface area contributed by atoms with Crippen LogP contribution in [0.25, 0.3) is 0 Å². The number of rotatable bonds is 0. The van der Waals surface area contributed by atoms with Crippen molar-refractivity contribution < 1.29 is 9.90 Å². The predicted octanol–water partition coefficient (Wildman–Crippen LogP) is 1.97. The molecular weight excluding hydrogens is 244 g/mol. The summed E-state index contributed by atoms with van der Waals surface area (Å²) in [6.45, 7) is 0. The van der Waals surface area contributed by atoms with Crippen LogP contribution in [0.15, 0.2) is 30.5 Å². The summed E-state index contributed by atoms with van der Waals surface area (Å²) in [7, 11) is 0. The lowest BCUT2D eigenvalue weighted by Gasteiger charge is -2.07. The molecule has 3 N–H and O–H groups in total. The fourth-order valence-corrected chi connectivity index (χ4v) is 1.91. The Labute approximate surface area is 108 Å². The second-order valence-electron chi connectivity index (χ2n) is 4.00. The van der Waals surface area contributed by atoms with Crippen molar-refractivity contribution in [1.29, 1.82) is 5.26 Å². The lowest BCUT2D eigenvalue weighted by atomic mass is 10.2. The minimum Gasteiger partial charge on any atom is -0.507 e. The number of anilines is 3. The number of carbonyl (C=O) groups is 1. The average Bonchev–Trinajstić information content (AvgIpc) is 2.54. The van der Waals surface area contributed by atoms with Gasteiger partial charge in [-0.1, -0.05) is 0 Å². The summed E-state index contributed by atoms with van der Waals surface area (Å²) in [5.41, 5.74) is 1.60. The van der Waals surface area contributed by atoms with Gasteiger partial charge in [-0.2, -0.15) is 5.26 Å². The molecule has 0 fully saturated rings. The Morgan fingerprint density at radius 2 is 2.05 bits per heavy atom. The van der Waals surface area contributed by atoms with Gasteiger partial charge in [0, 0.05) is 6.20 Å². The van der Waals surface area contributed by atoms with Crippen LogP contribution in [-0.2, 0) is 0 Å². The highest BCUT2D eigenvalue weighted by Gasteiger charge is 2.23. The number of amides is 1. The molecule has 0 atom stereocenters. The normalized spacial score (nSPS) is 12.3. The van der Waals surface area contributed by atoms with Gasteiger partial charge in [-0.05, 0) is 24.3 Å². The maximum atomic E-state index is 12.1. The number of carbonyl (C=O) groups excluding carboxylic acids is 1. The first kappa shape index (κ1) is 11.0. The molecule has 2 heterocycles. The van der Waals surface area contributed by atoms with Crippen LogP contribution < -0.4 is 10.6 Å². The van der Waals surface area contributed by atoms with Gasteiger partial charge in [0.15, 0.2) is 0 Å². The molecular formula is C13H8N4O2. The topological polar surface area (TPSA) is 98.0 Å². The number of fused-ring (bicyclic) bond motifs is 2. The zero-order valence-electron chi connectivity index (χ0n) is 9.64. The van der Waals surface area contributed by atoms with E-state index >= 15 is 0 Å². The molecule has 1 aliphatic heterocycles. The second-order valence-corrected chi connectivity index (χ2v) is 4.00. The van der Waals surface area contributed by atoms with E-state index in [-0.39, 0.29) is 17.1 Å². The van der Waals surface area contributed by atoms with Gasteiger partial charge >= 0.3 is 0 Å². The third-order valence-electron chi connectivity index (χ3n) is 2.81. The molecule has 1 aromatic heterocycles. The Balaban J connectivity index is 2.18. The van der Waals surface area contributed by atoms with E-state index in [4.69, 9.17) is 5.26 Å². The Bertz CT molecular complexity index is 734. The number of aromatic hydroxyl groups is 1. The van der Waals surface area contributed by atoms with E-state index in [0.717, 1.165) is 0 Å². The van der Waals surface area contributed by atoms with Crippen LogP contribution in [0.2, 0.25) is 0 Å². The quantitative estimate of drug-likeness (QED) is 0.665. The van der Waals surface area contributed by atoms with E-state index in [2.05, 4.69) is 15.6 Å². The van der Waals surface area contributed by atoms with Gasteiger partial charge in [0.1, 0.15) is 17.1 Å². The standard InChI is InChI=1S/C13H8N4O2/c14-6-7-1-2-8-9(5-7)17-13(19)11-10(18)3-4-15-12(11)16-8/h1-5H,(H,17,19)(H2,15,16,18). The molecule has 1 aromatic carbocycles. The van der Waals surface area contributed by atoms with E-state index < -0.39 is 5.91 Å². The number of benzene rings is 1. The van der Waals surface area contributed by atoms with Crippen molar-refractivity contribution in [1.82, 2.24) is 4.98 Å². The van der Waals surface area contributed by atoms with Crippen molar-refractivity contribution in [3.63, 3.8) is 0 Å². The number of pyridine rings is 1. The highest BCUT2D eigenvalue weighted by Crippen LogP contribution is 2.34. The minimum absolute atomic E-state index is 0.0807. The Hall–Kier alpha value is -3.07. The Kier molecular flexibility index (Phi) is 2.32. The largest absolute Gasteiger partial charge is 0.507 e. The third-order valence-corrected chi connectivity index (χ3v) is 2.81. The molecule has 6 nitrogen and oxygen atoms in total. The lowest BCUT2D eigenvalue weighted by Crippen LogP contribution is -2.11. The molecule has 0 unspecified atom stereocenters. The molecule has 0 saturated carbocycles. The van der Waals surface area contributed by atoms with Crippen molar-refractivity contribution in [3.8, 4) is 11.8 Å². The fourth-order valence-electron chi connectivity index (χ4n) is 1.91. The van der Waals surface area contributed by atoms with Crippen LogP contribution in [0.1, 0.15) is 15.9 Å². The molecule has 0 bridgehead atoms. The highest BCUT2D eigenvalue weighted by atomic mass is 16.3. The van der Waals surface area contributed by atoms with Gasteiger partial charge in [0.2, 0.25) is 0 Å². The number of aromatic nitrogens is 1. The lowest BCUT2D eigenvalue weighted by molar-refractivity contribution is 0.102. The molecule has 92 valence electrons. The van der Waals surface area contributed by atoms with Gasteiger partial charge in [0.05, 0.1) is 23.0 Å². The molecule has 0 radical (unpaired) electrons. The van der Waals surface area contributed by atoms with E-state index in [1.807, 2.05) is 6.07 Å². The summed E-state index contributed by atoms with van der Waals surface area (Å²) in [5.74, 6) is -0.341. The van der Waals surface area contributed by atoms with E-state index in [1.165, 1.54) is 12.3 Å². The summed E-state index contributed by atoms with van der Waals surface area (Å²) < 4.78 is 0. The highest BCUT2D eigenvalue weighted by molar-refractivity contribution is 6.13. The first-order chi connectivity index (χ1) is 9.19. The zero-order valence-corrected chi connectivity index (χ0v) is 9.64. The van der Waals surface area contributed by atoms with Crippen molar-refractivity contribution >= 4 is 23.1 Å². The Morgan fingerprint density at radius 3 is 2.84 bits per heavy atom. The predicted molar refractivity (Wildman–Crippen MR) is 68.3 cm³/mol. The van der Waals surface area contributed by atoms with Crippen LogP contribution in [0.4, 0.5) is 17.2 Å². The monoisotopic (exact) mass is 252 g/mol. The Morgan fingerprint density at radius 1 is 1.21 bits per heavy atom. The van der Waals surface area contributed by atoms with Gasteiger partial charge in [-0.3, -0.25) is 4.79 Å². The first-order valence-corrected chi connectivity index (χ1v) is 5.49. The summed E-state index contributed by atoms with van der Waals surface area (Å²) in [4.78, 5) is 16.1.